The molecule has 0 saturated carbocycles. The Morgan fingerprint density at radius 1 is 1.35 bits per heavy atom. The number of hydrogen-bond donors (Lipinski definition) is 2. The molecule has 0 fully saturated rings. The van der Waals surface area contributed by atoms with E-state index in [1.54, 1.807) is 0 Å². The lowest BCUT2D eigenvalue weighted by molar-refractivity contribution is -0.148. The quantitative estimate of drug-likeness (QED) is 0.863. The molecule has 20 heavy (non-hydrogen) atoms. The van der Waals surface area contributed by atoms with Gasteiger partial charge in [0.15, 0.2) is 0 Å². The van der Waals surface area contributed by atoms with Gasteiger partial charge in [0.1, 0.15) is 5.54 Å². The summed E-state index contributed by atoms with van der Waals surface area (Å²) in [6.45, 7) is 2.84. The maximum Gasteiger partial charge on any atom is 0.328 e. The van der Waals surface area contributed by atoms with E-state index in [0.29, 0.717) is 12.1 Å². The second-order valence-electron chi connectivity index (χ2n) is 5.12. The third-order valence-electron chi connectivity index (χ3n) is 3.04. The number of amides is 1. The van der Waals surface area contributed by atoms with Crippen LogP contribution in [0.4, 0.5) is 0 Å². The summed E-state index contributed by atoms with van der Waals surface area (Å²) < 4.78 is 0. The van der Waals surface area contributed by atoms with E-state index in [9.17, 15) is 9.59 Å². The number of aliphatic carboxylic acids is 1. The predicted octanol–water partition coefficient (Wildman–Crippen LogP) is 1.16. The molecule has 1 amide bonds. The highest BCUT2D eigenvalue weighted by atomic mass is 16.6. The van der Waals surface area contributed by atoms with Gasteiger partial charge in [-0.2, -0.15) is 0 Å². The van der Waals surface area contributed by atoms with E-state index >= 15 is 0 Å². The summed E-state index contributed by atoms with van der Waals surface area (Å²) in [6, 6.07) is 9.39. The number of benzene rings is 1. The van der Waals surface area contributed by atoms with Crippen molar-refractivity contribution in [3.8, 4) is 0 Å². The van der Waals surface area contributed by atoms with Crippen LogP contribution in [0.1, 0.15) is 25.8 Å². The molecular weight excluding hydrogens is 260 g/mol. The van der Waals surface area contributed by atoms with Crippen molar-refractivity contribution in [3.05, 3.63) is 35.9 Å². The van der Waals surface area contributed by atoms with Crippen LogP contribution >= 0.6 is 0 Å². The Bertz CT molecular complexity index is 552. The molecule has 0 aliphatic carbocycles. The van der Waals surface area contributed by atoms with Crippen LogP contribution in [-0.2, 0) is 14.4 Å². The normalized spacial score (nSPS) is 18.1. The lowest BCUT2D eigenvalue weighted by atomic mass is 10.0. The third kappa shape index (κ3) is 2.96. The number of carboxylic acid groups (broad SMARTS) is 1. The largest absolute Gasteiger partial charge is 0.480 e. The minimum Gasteiger partial charge on any atom is -0.480 e. The molecule has 1 aliphatic rings. The van der Waals surface area contributed by atoms with Crippen molar-refractivity contribution in [2.45, 2.75) is 31.9 Å². The van der Waals surface area contributed by atoms with Gasteiger partial charge in [-0.05, 0) is 19.4 Å². The van der Waals surface area contributed by atoms with Crippen LogP contribution in [0.15, 0.2) is 35.5 Å². The van der Waals surface area contributed by atoms with Crippen molar-refractivity contribution in [2.24, 2.45) is 5.16 Å². The molecule has 2 N–H and O–H groups in total. The number of carboxylic acids is 1. The van der Waals surface area contributed by atoms with Gasteiger partial charge in [0.05, 0.1) is 5.71 Å². The van der Waals surface area contributed by atoms with E-state index in [1.165, 1.54) is 13.8 Å². The topological polar surface area (TPSA) is 88.0 Å². The maximum atomic E-state index is 12.0. The first kappa shape index (κ1) is 14.0. The van der Waals surface area contributed by atoms with E-state index in [0.717, 1.165) is 5.56 Å². The summed E-state index contributed by atoms with van der Waals surface area (Å²) in [6.07, 6.45) is -0.463. The predicted molar refractivity (Wildman–Crippen MR) is 72.3 cm³/mol. The van der Waals surface area contributed by atoms with Crippen molar-refractivity contribution in [3.63, 3.8) is 0 Å². The van der Waals surface area contributed by atoms with Gasteiger partial charge in [-0.25, -0.2) is 4.79 Å². The first-order valence-corrected chi connectivity index (χ1v) is 6.23. The van der Waals surface area contributed by atoms with E-state index in [1.807, 2.05) is 30.3 Å². The molecule has 6 nitrogen and oxygen atoms in total. The summed E-state index contributed by atoms with van der Waals surface area (Å²) in [5, 5.41) is 15.3. The minimum atomic E-state index is -1.34. The van der Waals surface area contributed by atoms with Gasteiger partial charge in [0.25, 0.3) is 5.91 Å². The molecule has 1 heterocycles. The van der Waals surface area contributed by atoms with Crippen LogP contribution in [0.25, 0.3) is 0 Å². The summed E-state index contributed by atoms with van der Waals surface area (Å²) in [7, 11) is 0. The van der Waals surface area contributed by atoms with Gasteiger partial charge in [-0.1, -0.05) is 35.5 Å². The molecule has 0 radical (unpaired) electrons. The number of oxime groups is 1. The molecule has 0 aromatic heterocycles. The smallest absolute Gasteiger partial charge is 0.328 e. The number of carbonyl (C=O) groups excluding carboxylic acids is 1. The van der Waals surface area contributed by atoms with Gasteiger partial charge in [0, 0.05) is 6.42 Å². The first-order valence-electron chi connectivity index (χ1n) is 6.23. The number of carbonyl (C=O) groups is 2. The lowest BCUT2D eigenvalue weighted by Crippen LogP contribution is -2.52. The van der Waals surface area contributed by atoms with Crippen molar-refractivity contribution in [2.75, 3.05) is 0 Å². The van der Waals surface area contributed by atoms with Gasteiger partial charge >= 0.3 is 5.97 Å². The number of nitrogens with one attached hydrogen (secondary N) is 1. The Kier molecular flexibility index (Phi) is 3.74. The standard InChI is InChI=1S/C14H16N2O4/c1-14(2,13(18)19)15-12(17)11-8-10(16-20-11)9-6-4-3-5-7-9/h3-7,11H,8H2,1-2H3,(H,15,17)(H,18,19). The van der Waals surface area contributed by atoms with Crippen molar-refractivity contribution >= 4 is 17.6 Å². The van der Waals surface area contributed by atoms with Gasteiger partial charge in [0.2, 0.25) is 6.10 Å². The average molecular weight is 276 g/mol. The van der Waals surface area contributed by atoms with Crippen molar-refractivity contribution < 1.29 is 19.5 Å². The molecule has 0 saturated heterocycles. The highest BCUT2D eigenvalue weighted by Gasteiger charge is 2.35. The van der Waals surface area contributed by atoms with Crippen LogP contribution in [0.5, 0.6) is 0 Å². The van der Waals surface area contributed by atoms with Crippen molar-refractivity contribution in [1.82, 2.24) is 5.32 Å². The second-order valence-corrected chi connectivity index (χ2v) is 5.12. The molecule has 1 aromatic rings. The zero-order valence-electron chi connectivity index (χ0n) is 11.3. The minimum absolute atomic E-state index is 0.325. The molecule has 106 valence electrons. The monoisotopic (exact) mass is 276 g/mol. The second kappa shape index (κ2) is 5.32. The Morgan fingerprint density at radius 2 is 2.00 bits per heavy atom. The fraction of sp³-hybridized carbons (Fsp3) is 0.357. The van der Waals surface area contributed by atoms with Gasteiger partial charge < -0.3 is 15.3 Å². The number of nitrogens with zero attached hydrogens (tertiary/aromatic N) is 1. The lowest BCUT2D eigenvalue weighted by Gasteiger charge is -2.22. The number of hydrogen-bond acceptors (Lipinski definition) is 4. The highest BCUT2D eigenvalue weighted by Crippen LogP contribution is 2.17. The molecule has 2 rings (SSSR count). The molecule has 1 atom stereocenters. The van der Waals surface area contributed by atoms with Crippen LogP contribution in [-0.4, -0.2) is 34.3 Å². The summed E-state index contributed by atoms with van der Waals surface area (Å²) in [5.74, 6) is -1.58. The Balaban J connectivity index is 1.98. The fourth-order valence-corrected chi connectivity index (χ4v) is 1.76. The van der Waals surface area contributed by atoms with E-state index in [2.05, 4.69) is 10.5 Å². The molecule has 6 heteroatoms. The number of rotatable bonds is 4. The Morgan fingerprint density at radius 3 is 2.60 bits per heavy atom. The zero-order valence-corrected chi connectivity index (χ0v) is 11.3. The Hall–Kier alpha value is -2.37. The first-order chi connectivity index (χ1) is 9.40. The molecule has 0 bridgehead atoms. The summed E-state index contributed by atoms with van der Waals surface area (Å²) in [4.78, 5) is 28.0. The summed E-state index contributed by atoms with van der Waals surface area (Å²) in [5.41, 5.74) is 0.231. The molecule has 0 spiro atoms. The van der Waals surface area contributed by atoms with Gasteiger partial charge in [-0.15, -0.1) is 0 Å². The maximum absolute atomic E-state index is 12.0. The molecule has 1 aliphatic heterocycles. The molecule has 1 aromatic carbocycles. The molecular formula is C14H16N2O4. The fourth-order valence-electron chi connectivity index (χ4n) is 1.76. The van der Waals surface area contributed by atoms with Crippen LogP contribution in [0.3, 0.4) is 0 Å². The van der Waals surface area contributed by atoms with Crippen LogP contribution in [0.2, 0.25) is 0 Å². The SMILES string of the molecule is CC(C)(NC(=O)C1CC(c2ccccc2)=NO1)C(=O)O. The third-order valence-corrected chi connectivity index (χ3v) is 3.04. The van der Waals surface area contributed by atoms with Crippen LogP contribution < -0.4 is 5.32 Å². The van der Waals surface area contributed by atoms with E-state index in [4.69, 9.17) is 9.94 Å². The van der Waals surface area contributed by atoms with E-state index in [-0.39, 0.29) is 0 Å². The zero-order chi connectivity index (χ0) is 14.8. The summed E-state index contributed by atoms with van der Waals surface area (Å²) >= 11 is 0. The van der Waals surface area contributed by atoms with Crippen LogP contribution in [0, 0.1) is 0 Å². The van der Waals surface area contributed by atoms with Gasteiger partial charge in [-0.3, -0.25) is 4.79 Å². The Labute approximate surface area is 116 Å². The van der Waals surface area contributed by atoms with E-state index < -0.39 is 23.5 Å². The average Bonchev–Trinajstić information content (AvgIpc) is 2.88. The highest BCUT2D eigenvalue weighted by molar-refractivity contribution is 6.04. The molecule has 1 unspecified atom stereocenters. The van der Waals surface area contributed by atoms with Crippen molar-refractivity contribution in [1.29, 1.82) is 0 Å².